The molecule has 0 amide bonds. The van der Waals surface area contributed by atoms with E-state index in [1.165, 1.54) is 176 Å². The van der Waals surface area contributed by atoms with E-state index in [1.54, 1.807) is 0 Å². The van der Waals surface area contributed by atoms with E-state index < -0.39 is 10.8 Å². The van der Waals surface area contributed by atoms with Crippen LogP contribution >= 0.6 is 0 Å². The van der Waals surface area contributed by atoms with Gasteiger partial charge in [-0.25, -0.2) is 0 Å². The molecule has 0 aromatic heterocycles. The smallest absolute Gasteiger partial charge is 0.0619 e. The van der Waals surface area contributed by atoms with Crippen LogP contribution in [0, 0.1) is 0 Å². The van der Waals surface area contributed by atoms with E-state index >= 15 is 0 Å². The Balaban J connectivity index is 0.809. The Bertz CT molecular complexity index is 5670. The average molecular weight is 1160 g/mol. The molecule has 0 bridgehead atoms. The van der Waals surface area contributed by atoms with Crippen LogP contribution in [0.2, 0.25) is 0 Å². The van der Waals surface area contributed by atoms with Gasteiger partial charge < -0.3 is 0 Å². The van der Waals surface area contributed by atoms with E-state index in [0.29, 0.717) is 0 Å². The van der Waals surface area contributed by atoms with Gasteiger partial charge in [0.25, 0.3) is 0 Å². The second kappa shape index (κ2) is 20.4. The fraction of sp³-hybridized carbons (Fsp3) is 0.0217. The Morgan fingerprint density at radius 3 is 0.870 bits per heavy atom. The van der Waals surface area contributed by atoms with Crippen LogP contribution < -0.4 is 0 Å². The van der Waals surface area contributed by atoms with Gasteiger partial charge >= 0.3 is 0 Å². The van der Waals surface area contributed by atoms with Gasteiger partial charge in [0.1, 0.15) is 0 Å². The molecule has 92 heavy (non-hydrogen) atoms. The molecular weight excluding hydrogens is 1110 g/mol. The summed E-state index contributed by atoms with van der Waals surface area (Å²) < 4.78 is 0. The van der Waals surface area contributed by atoms with Crippen molar-refractivity contribution >= 4 is 64.6 Å². The molecule has 0 radical (unpaired) electrons. The number of fused-ring (bicyclic) bond motifs is 12. The van der Waals surface area contributed by atoms with Gasteiger partial charge in [-0.05, 0) is 182 Å². The molecule has 0 heteroatoms. The monoisotopic (exact) mass is 1160 g/mol. The molecule has 0 nitrogen and oxygen atoms in total. The summed E-state index contributed by atoms with van der Waals surface area (Å²) in [6, 6.07) is 133. The van der Waals surface area contributed by atoms with Gasteiger partial charge in [0, 0.05) is 0 Å². The summed E-state index contributed by atoms with van der Waals surface area (Å²) in [5.41, 5.74) is 23.7. The first-order chi connectivity index (χ1) is 45.7. The van der Waals surface area contributed by atoms with E-state index in [0.717, 1.165) is 0 Å². The molecule has 0 heterocycles. The second-order valence-electron chi connectivity index (χ2n) is 25.2. The van der Waals surface area contributed by atoms with Gasteiger partial charge in [0.15, 0.2) is 0 Å². The highest BCUT2D eigenvalue weighted by molar-refractivity contribution is 6.24. The van der Waals surface area contributed by atoms with Crippen LogP contribution in [0.25, 0.3) is 131 Å². The summed E-state index contributed by atoms with van der Waals surface area (Å²) >= 11 is 0. The van der Waals surface area contributed by atoms with Crippen molar-refractivity contribution < 1.29 is 0 Å². The molecule has 17 aromatic rings. The molecule has 0 atom stereocenters. The predicted octanol–water partition coefficient (Wildman–Crippen LogP) is 24.0. The summed E-state index contributed by atoms with van der Waals surface area (Å²) in [6.07, 6.45) is 0. The lowest BCUT2D eigenvalue weighted by Crippen LogP contribution is -2.32. The van der Waals surface area contributed by atoms with E-state index in [9.17, 15) is 0 Å². The fourth-order valence-corrected chi connectivity index (χ4v) is 17.1. The highest BCUT2D eigenvalue weighted by Crippen LogP contribution is 2.60. The fourth-order valence-electron chi connectivity index (χ4n) is 17.1. The quantitative estimate of drug-likeness (QED) is 0.133. The van der Waals surface area contributed by atoms with Crippen LogP contribution in [0.5, 0.6) is 0 Å². The lowest BCUT2D eigenvalue weighted by atomic mass is 9.64. The van der Waals surface area contributed by atoms with Crippen molar-refractivity contribution in [3.05, 3.63) is 396 Å². The first-order valence-corrected chi connectivity index (χ1v) is 32.2. The van der Waals surface area contributed by atoms with Crippen LogP contribution in [0.1, 0.15) is 44.5 Å². The maximum absolute atomic E-state index is 2.58. The maximum atomic E-state index is 2.58. The first kappa shape index (κ1) is 52.3. The van der Waals surface area contributed by atoms with Crippen LogP contribution in [0.3, 0.4) is 0 Å². The van der Waals surface area contributed by atoms with Crippen molar-refractivity contribution in [3.8, 4) is 66.8 Å². The normalized spacial score (nSPS) is 13.4. The Morgan fingerprint density at radius 2 is 0.446 bits per heavy atom. The first-order valence-electron chi connectivity index (χ1n) is 32.2. The predicted molar refractivity (Wildman–Crippen MR) is 388 cm³/mol. The van der Waals surface area contributed by atoms with Gasteiger partial charge in [-0.2, -0.15) is 0 Å². The number of hydrogen-bond acceptors (Lipinski definition) is 0. The van der Waals surface area contributed by atoms with Crippen molar-refractivity contribution in [1.29, 1.82) is 0 Å². The third-order valence-corrected chi connectivity index (χ3v) is 20.8. The minimum atomic E-state index is -0.673. The molecule has 0 fully saturated rings. The molecule has 0 saturated heterocycles. The van der Waals surface area contributed by atoms with E-state index in [2.05, 4.69) is 352 Å². The summed E-state index contributed by atoms with van der Waals surface area (Å²) in [7, 11) is 0. The molecule has 2 aliphatic carbocycles. The Labute approximate surface area is 535 Å². The van der Waals surface area contributed by atoms with E-state index in [-0.39, 0.29) is 0 Å². The largest absolute Gasteiger partial charge is 0.0713 e. The van der Waals surface area contributed by atoms with Crippen LogP contribution in [0.4, 0.5) is 0 Å². The van der Waals surface area contributed by atoms with Crippen LogP contribution in [-0.4, -0.2) is 0 Å². The maximum Gasteiger partial charge on any atom is 0.0713 e. The minimum absolute atomic E-state index is 0.672. The van der Waals surface area contributed by atoms with Gasteiger partial charge in [-0.3, -0.25) is 0 Å². The van der Waals surface area contributed by atoms with Crippen LogP contribution in [-0.2, 0) is 10.8 Å². The summed E-state index contributed by atoms with van der Waals surface area (Å²) in [5.74, 6) is 0. The molecule has 2 aliphatic rings. The molecule has 19 rings (SSSR count). The Morgan fingerprint density at radius 1 is 0.152 bits per heavy atom. The van der Waals surface area contributed by atoms with Gasteiger partial charge in [-0.1, -0.05) is 346 Å². The summed E-state index contributed by atoms with van der Waals surface area (Å²) in [5, 5.41) is 15.0. The highest BCUT2D eigenvalue weighted by Gasteiger charge is 2.49. The lowest BCUT2D eigenvalue weighted by Gasteiger charge is -2.37. The third-order valence-electron chi connectivity index (χ3n) is 20.8. The lowest BCUT2D eigenvalue weighted by molar-refractivity contribution is 0.740. The average Bonchev–Trinajstić information content (AvgIpc) is 1.50. The molecule has 17 aromatic carbocycles. The molecule has 426 valence electrons. The molecule has 0 spiro atoms. The SMILES string of the molecule is c1cc(C2(c3ccc(-c4c5ccccc5c(-c5ccc6ccccc6c5)c5ccccc45)cc3)c3ccccc3-c3ccccc32)cc(C2(c3ccc(-c4c5ccccc5c(-c5cccc6ccccc56)c5ccccc45)cc3)c3ccccc3-c3ccccc32)c1. The molecule has 0 saturated carbocycles. The zero-order valence-electron chi connectivity index (χ0n) is 50.5. The number of benzene rings is 17. The summed E-state index contributed by atoms with van der Waals surface area (Å²) in [6.45, 7) is 0. The number of hydrogen-bond donors (Lipinski definition) is 0. The Kier molecular flexibility index (Phi) is 11.6. The van der Waals surface area contributed by atoms with Crippen molar-refractivity contribution in [3.63, 3.8) is 0 Å². The van der Waals surface area contributed by atoms with Crippen molar-refractivity contribution in [2.75, 3.05) is 0 Å². The summed E-state index contributed by atoms with van der Waals surface area (Å²) in [4.78, 5) is 0. The van der Waals surface area contributed by atoms with Gasteiger partial charge in [0.2, 0.25) is 0 Å². The minimum Gasteiger partial charge on any atom is -0.0619 e. The van der Waals surface area contributed by atoms with E-state index in [4.69, 9.17) is 0 Å². The topological polar surface area (TPSA) is 0 Å². The zero-order chi connectivity index (χ0) is 60.5. The Hall–Kier alpha value is -11.7. The van der Waals surface area contributed by atoms with Gasteiger partial charge in [-0.15, -0.1) is 0 Å². The standard InChI is InChI=1S/C92H58/c1-2-25-63-57-64(48-47-59(63)23-1)89-77-36-7-5-34-75(77)87(76-35-6-8-37-78(76)89)61-49-53-65(54-50-61)91(83-43-17-13-30-70(83)71-31-14-18-44-84(71)91)67-27-22-28-68(58-67)92(85-45-19-15-32-72(85)73-33-16-20-46-86(73)92)66-55-51-62(52-56-66)88-79-38-9-11-40-81(79)90(82-41-12-10-39-80(82)88)74-42-21-26-60-24-3-4-29-69(60)74/h1-58H. The van der Waals surface area contributed by atoms with Crippen LogP contribution in [0.15, 0.2) is 352 Å². The van der Waals surface area contributed by atoms with Gasteiger partial charge in [0.05, 0.1) is 10.8 Å². The molecule has 0 unspecified atom stereocenters. The molecule has 0 N–H and O–H groups in total. The highest BCUT2D eigenvalue weighted by atomic mass is 14.5. The number of rotatable bonds is 8. The zero-order valence-corrected chi connectivity index (χ0v) is 50.5. The third kappa shape index (κ3) is 7.41. The van der Waals surface area contributed by atoms with Crippen molar-refractivity contribution in [2.45, 2.75) is 10.8 Å². The van der Waals surface area contributed by atoms with Crippen molar-refractivity contribution in [2.24, 2.45) is 0 Å². The molecular formula is C92H58. The molecule has 0 aliphatic heterocycles. The second-order valence-corrected chi connectivity index (χ2v) is 25.2. The van der Waals surface area contributed by atoms with Crippen molar-refractivity contribution in [1.82, 2.24) is 0 Å². The van der Waals surface area contributed by atoms with E-state index in [1.807, 2.05) is 0 Å².